The van der Waals surface area contributed by atoms with Gasteiger partial charge in [-0.25, -0.2) is 8.42 Å². The van der Waals surface area contributed by atoms with Gasteiger partial charge in [0.25, 0.3) is 0 Å². The van der Waals surface area contributed by atoms with Crippen LogP contribution < -0.4 is 10.5 Å². The molecule has 8 heteroatoms. The Labute approximate surface area is 149 Å². The number of nitrogens with two attached hydrogens (primary N) is 1. The van der Waals surface area contributed by atoms with Crippen LogP contribution in [-0.2, 0) is 10.0 Å². The van der Waals surface area contributed by atoms with Crippen LogP contribution in [0.4, 0.5) is 0 Å². The third-order valence-electron chi connectivity index (χ3n) is 4.31. The molecule has 1 aliphatic rings. The molecular weight excluding hydrogens is 359 g/mol. The zero-order valence-electron chi connectivity index (χ0n) is 13.6. The maximum absolute atomic E-state index is 12.8. The summed E-state index contributed by atoms with van der Waals surface area (Å²) < 4.78 is 32.3. The molecule has 0 aromatic heterocycles. The molecule has 1 fully saturated rings. The second-order valence-corrected chi connectivity index (χ2v) is 8.17. The summed E-state index contributed by atoms with van der Waals surface area (Å²) in [4.78, 5) is 0.248. The number of nitrogens with zero attached hydrogens (tertiary/aromatic N) is 1. The number of hydrogen-bond donors (Lipinski definition) is 1. The molecule has 0 aliphatic carbocycles. The summed E-state index contributed by atoms with van der Waals surface area (Å²) in [5.41, 5.74) is 6.54. The molecule has 1 unspecified atom stereocenters. The second kappa shape index (κ2) is 8.03. The van der Waals surface area contributed by atoms with Crippen LogP contribution in [0.25, 0.3) is 0 Å². The summed E-state index contributed by atoms with van der Waals surface area (Å²) in [5, 5.41) is 0.303. The first-order chi connectivity index (χ1) is 10.3. The number of benzene rings is 1. The lowest BCUT2D eigenvalue weighted by molar-refractivity contribution is 0.250. The molecule has 0 spiro atoms. The standard InChI is InChI=1S/C15H23ClN2O3S.ClH/c1-10-8-14(21-3)13(16)9-15(10)22(19,20)18-6-4-12(5-7-18)11(2)17;/h8-9,11-12H,4-7,17H2,1-3H3;1H. The SMILES string of the molecule is COc1cc(C)c(S(=O)(=O)N2CCC(C(C)N)CC2)cc1Cl.Cl. The Morgan fingerprint density at radius 3 is 2.39 bits per heavy atom. The number of halogens is 2. The van der Waals surface area contributed by atoms with Crippen molar-refractivity contribution >= 4 is 34.0 Å². The molecule has 0 radical (unpaired) electrons. The van der Waals surface area contributed by atoms with Gasteiger partial charge in [-0.3, -0.25) is 0 Å². The Balaban J connectivity index is 0.00000264. The Hall–Kier alpha value is -0.530. The minimum atomic E-state index is -3.54. The van der Waals surface area contributed by atoms with Gasteiger partial charge in [0.05, 0.1) is 17.0 Å². The van der Waals surface area contributed by atoms with Crippen molar-refractivity contribution in [1.29, 1.82) is 0 Å². The molecule has 132 valence electrons. The molecule has 0 bridgehead atoms. The summed E-state index contributed by atoms with van der Waals surface area (Å²) in [6.45, 7) is 4.72. The lowest BCUT2D eigenvalue weighted by Crippen LogP contribution is -2.42. The third kappa shape index (κ3) is 4.31. The molecular formula is C15H24Cl2N2O3S. The van der Waals surface area contributed by atoms with Gasteiger partial charge >= 0.3 is 0 Å². The van der Waals surface area contributed by atoms with E-state index in [1.54, 1.807) is 13.0 Å². The van der Waals surface area contributed by atoms with E-state index in [0.717, 1.165) is 12.8 Å². The molecule has 1 heterocycles. The van der Waals surface area contributed by atoms with E-state index in [9.17, 15) is 8.42 Å². The van der Waals surface area contributed by atoms with Crippen molar-refractivity contribution in [3.63, 3.8) is 0 Å². The monoisotopic (exact) mass is 382 g/mol. The third-order valence-corrected chi connectivity index (χ3v) is 6.65. The number of ether oxygens (including phenoxy) is 1. The van der Waals surface area contributed by atoms with E-state index >= 15 is 0 Å². The van der Waals surface area contributed by atoms with Gasteiger partial charge in [-0.15, -0.1) is 12.4 Å². The van der Waals surface area contributed by atoms with Crippen molar-refractivity contribution < 1.29 is 13.2 Å². The zero-order chi connectivity index (χ0) is 16.5. The fraction of sp³-hybridized carbons (Fsp3) is 0.600. The highest BCUT2D eigenvalue weighted by atomic mass is 35.5. The van der Waals surface area contributed by atoms with Crippen LogP contribution in [0.15, 0.2) is 17.0 Å². The average Bonchev–Trinajstić information content (AvgIpc) is 2.49. The van der Waals surface area contributed by atoms with E-state index in [4.69, 9.17) is 22.1 Å². The Bertz CT molecular complexity index is 642. The van der Waals surface area contributed by atoms with Gasteiger partial charge < -0.3 is 10.5 Å². The molecule has 0 amide bonds. The number of aryl methyl sites for hydroxylation is 1. The zero-order valence-corrected chi connectivity index (χ0v) is 16.0. The predicted octanol–water partition coefficient (Wildman–Crippen LogP) is 2.83. The van der Waals surface area contributed by atoms with Crippen molar-refractivity contribution in [3.05, 3.63) is 22.7 Å². The largest absolute Gasteiger partial charge is 0.495 e. The highest BCUT2D eigenvalue weighted by Crippen LogP contribution is 2.33. The van der Waals surface area contributed by atoms with Crippen LogP contribution >= 0.6 is 24.0 Å². The predicted molar refractivity (Wildman–Crippen MR) is 95.1 cm³/mol. The molecule has 2 rings (SSSR count). The fourth-order valence-corrected chi connectivity index (χ4v) is 4.86. The van der Waals surface area contributed by atoms with Crippen LogP contribution in [0.3, 0.4) is 0 Å². The van der Waals surface area contributed by atoms with Crippen molar-refractivity contribution in [1.82, 2.24) is 4.31 Å². The van der Waals surface area contributed by atoms with E-state index in [-0.39, 0.29) is 23.3 Å². The van der Waals surface area contributed by atoms with Crippen LogP contribution in [0.2, 0.25) is 5.02 Å². The number of piperidine rings is 1. The summed E-state index contributed by atoms with van der Waals surface area (Å²) in [7, 11) is -2.03. The van der Waals surface area contributed by atoms with E-state index in [0.29, 0.717) is 35.3 Å². The summed E-state index contributed by atoms with van der Waals surface area (Å²) in [6.07, 6.45) is 1.58. The second-order valence-electron chi connectivity index (χ2n) is 5.85. The highest BCUT2D eigenvalue weighted by molar-refractivity contribution is 7.89. The topological polar surface area (TPSA) is 72.6 Å². The fourth-order valence-electron chi connectivity index (χ4n) is 2.85. The molecule has 1 aliphatic heterocycles. The van der Waals surface area contributed by atoms with E-state index < -0.39 is 10.0 Å². The smallest absolute Gasteiger partial charge is 0.243 e. The van der Waals surface area contributed by atoms with Gasteiger partial charge in [-0.1, -0.05) is 11.6 Å². The lowest BCUT2D eigenvalue weighted by Gasteiger charge is -2.33. The highest BCUT2D eigenvalue weighted by Gasteiger charge is 2.31. The first-order valence-electron chi connectivity index (χ1n) is 7.37. The van der Waals surface area contributed by atoms with Crippen molar-refractivity contribution in [3.8, 4) is 5.75 Å². The molecule has 1 aromatic carbocycles. The maximum Gasteiger partial charge on any atom is 0.243 e. The first kappa shape index (κ1) is 20.5. The number of rotatable bonds is 4. The Morgan fingerprint density at radius 2 is 1.91 bits per heavy atom. The number of methoxy groups -OCH3 is 1. The van der Waals surface area contributed by atoms with Crippen molar-refractivity contribution in [2.75, 3.05) is 20.2 Å². The normalized spacial score (nSPS) is 18.3. The number of sulfonamides is 1. The quantitative estimate of drug-likeness (QED) is 0.868. The Kier molecular flexibility index (Phi) is 7.16. The van der Waals surface area contributed by atoms with Gasteiger partial charge in [-0.05, 0) is 50.3 Å². The molecule has 5 nitrogen and oxygen atoms in total. The van der Waals surface area contributed by atoms with E-state index in [1.807, 2.05) is 6.92 Å². The molecule has 1 atom stereocenters. The Morgan fingerprint density at radius 1 is 1.35 bits per heavy atom. The van der Waals surface area contributed by atoms with E-state index in [2.05, 4.69) is 0 Å². The molecule has 23 heavy (non-hydrogen) atoms. The average molecular weight is 383 g/mol. The summed E-state index contributed by atoms with van der Waals surface area (Å²) in [5.74, 6) is 0.862. The van der Waals surface area contributed by atoms with Crippen LogP contribution in [0, 0.1) is 12.8 Å². The van der Waals surface area contributed by atoms with Gasteiger partial charge in [0.15, 0.2) is 0 Å². The maximum atomic E-state index is 12.8. The van der Waals surface area contributed by atoms with Crippen LogP contribution in [-0.4, -0.2) is 39.0 Å². The summed E-state index contributed by atoms with van der Waals surface area (Å²) in [6, 6.07) is 3.23. The molecule has 1 saturated heterocycles. The first-order valence-corrected chi connectivity index (χ1v) is 9.19. The van der Waals surface area contributed by atoms with Crippen LogP contribution in [0.5, 0.6) is 5.75 Å². The minimum Gasteiger partial charge on any atom is -0.495 e. The minimum absolute atomic E-state index is 0. The molecule has 2 N–H and O–H groups in total. The summed E-state index contributed by atoms with van der Waals surface area (Å²) >= 11 is 6.09. The van der Waals surface area contributed by atoms with Crippen LogP contribution in [0.1, 0.15) is 25.3 Å². The molecule has 1 aromatic rings. The van der Waals surface area contributed by atoms with Crippen molar-refractivity contribution in [2.45, 2.75) is 37.6 Å². The number of hydrogen-bond acceptors (Lipinski definition) is 4. The van der Waals surface area contributed by atoms with Gasteiger partial charge in [0.1, 0.15) is 5.75 Å². The lowest BCUT2D eigenvalue weighted by atomic mass is 9.92. The van der Waals surface area contributed by atoms with Gasteiger partial charge in [-0.2, -0.15) is 4.31 Å². The van der Waals surface area contributed by atoms with Gasteiger partial charge in [0.2, 0.25) is 10.0 Å². The van der Waals surface area contributed by atoms with E-state index in [1.165, 1.54) is 17.5 Å². The molecule has 0 saturated carbocycles. The van der Waals surface area contributed by atoms with Crippen molar-refractivity contribution in [2.24, 2.45) is 11.7 Å². The van der Waals surface area contributed by atoms with Gasteiger partial charge in [0, 0.05) is 19.1 Å².